The minimum Gasteiger partial charge on any atom is -0.339 e. The molecule has 1 aliphatic rings. The summed E-state index contributed by atoms with van der Waals surface area (Å²) in [6, 6.07) is 7.66. The Morgan fingerprint density at radius 3 is 2.82 bits per heavy atom. The zero-order valence-corrected chi connectivity index (χ0v) is 12.6. The fourth-order valence-corrected chi connectivity index (χ4v) is 2.79. The molecule has 0 aliphatic carbocycles. The first-order valence-electron chi connectivity index (χ1n) is 7.57. The molecule has 2 aromatic rings. The second-order valence-corrected chi connectivity index (χ2v) is 5.55. The third kappa shape index (κ3) is 3.14. The van der Waals surface area contributed by atoms with Crippen molar-refractivity contribution in [3.05, 3.63) is 36.2 Å². The van der Waals surface area contributed by atoms with Crippen molar-refractivity contribution in [2.45, 2.75) is 25.3 Å². The van der Waals surface area contributed by atoms with Crippen molar-refractivity contribution in [2.75, 3.05) is 20.1 Å². The van der Waals surface area contributed by atoms with Crippen LogP contribution in [0.4, 0.5) is 0 Å². The monoisotopic (exact) mass is 300 g/mol. The third-order valence-electron chi connectivity index (χ3n) is 4.14. The van der Waals surface area contributed by atoms with E-state index < -0.39 is 0 Å². The summed E-state index contributed by atoms with van der Waals surface area (Å²) in [6.45, 7) is 2.01. The van der Waals surface area contributed by atoms with Gasteiger partial charge in [-0.15, -0.1) is 5.10 Å². The molecule has 7 nitrogen and oxygen atoms in total. The molecule has 0 spiro atoms. The van der Waals surface area contributed by atoms with E-state index in [0.29, 0.717) is 11.6 Å². The average molecular weight is 300 g/mol. The lowest BCUT2D eigenvalue weighted by atomic mass is 10.1. The highest BCUT2D eigenvalue weighted by Crippen LogP contribution is 2.16. The van der Waals surface area contributed by atoms with Gasteiger partial charge in [-0.05, 0) is 67.0 Å². The van der Waals surface area contributed by atoms with Gasteiger partial charge in [0, 0.05) is 18.7 Å². The van der Waals surface area contributed by atoms with E-state index in [0.717, 1.165) is 38.0 Å². The first-order chi connectivity index (χ1) is 10.8. The van der Waals surface area contributed by atoms with Gasteiger partial charge in [0.15, 0.2) is 0 Å². The van der Waals surface area contributed by atoms with Crippen molar-refractivity contribution in [2.24, 2.45) is 0 Å². The van der Waals surface area contributed by atoms with Crippen LogP contribution in [0.15, 0.2) is 30.6 Å². The zero-order valence-electron chi connectivity index (χ0n) is 12.6. The summed E-state index contributed by atoms with van der Waals surface area (Å²) in [6.07, 6.45) is 4.70. The fraction of sp³-hybridized carbons (Fsp3) is 0.467. The standard InChI is InChI=1S/C15H20N6O/c1-20(13-3-2-9-16-10-8-13)15(22)12-4-6-14(7-5-12)21-11-17-18-19-21/h4-7,11,13,16H,2-3,8-10H2,1H3. The summed E-state index contributed by atoms with van der Waals surface area (Å²) in [4.78, 5) is 14.5. The molecular weight excluding hydrogens is 280 g/mol. The number of nitrogens with one attached hydrogen (secondary N) is 1. The Bertz CT molecular complexity index is 601. The van der Waals surface area contributed by atoms with E-state index in [-0.39, 0.29) is 5.91 Å². The quantitative estimate of drug-likeness (QED) is 0.910. The second-order valence-electron chi connectivity index (χ2n) is 5.55. The normalized spacial score (nSPS) is 18.7. The highest BCUT2D eigenvalue weighted by molar-refractivity contribution is 5.94. The summed E-state index contributed by atoms with van der Waals surface area (Å²) in [5, 5.41) is 14.4. The summed E-state index contributed by atoms with van der Waals surface area (Å²) in [5.41, 5.74) is 1.53. The van der Waals surface area contributed by atoms with E-state index in [9.17, 15) is 4.79 Å². The smallest absolute Gasteiger partial charge is 0.253 e. The molecule has 1 saturated heterocycles. The van der Waals surface area contributed by atoms with Crippen LogP contribution < -0.4 is 5.32 Å². The van der Waals surface area contributed by atoms with E-state index in [1.54, 1.807) is 4.68 Å². The van der Waals surface area contributed by atoms with Gasteiger partial charge in [-0.3, -0.25) is 4.79 Å². The molecule has 22 heavy (non-hydrogen) atoms. The van der Waals surface area contributed by atoms with Gasteiger partial charge in [0.1, 0.15) is 6.33 Å². The zero-order chi connectivity index (χ0) is 15.4. The minimum absolute atomic E-state index is 0.0650. The molecule has 1 aliphatic heterocycles. The van der Waals surface area contributed by atoms with Gasteiger partial charge in [-0.1, -0.05) is 0 Å². The first-order valence-corrected chi connectivity index (χ1v) is 7.57. The van der Waals surface area contributed by atoms with Crippen LogP contribution in [0.5, 0.6) is 0 Å². The number of hydrogen-bond acceptors (Lipinski definition) is 5. The molecule has 1 aromatic carbocycles. The Morgan fingerprint density at radius 1 is 1.27 bits per heavy atom. The van der Waals surface area contributed by atoms with Crippen LogP contribution >= 0.6 is 0 Å². The average Bonchev–Trinajstić information content (AvgIpc) is 2.96. The second kappa shape index (κ2) is 6.65. The van der Waals surface area contributed by atoms with Gasteiger partial charge in [-0.2, -0.15) is 0 Å². The van der Waals surface area contributed by atoms with E-state index in [1.165, 1.54) is 6.33 Å². The van der Waals surface area contributed by atoms with Gasteiger partial charge in [0.25, 0.3) is 5.91 Å². The predicted molar refractivity (Wildman–Crippen MR) is 81.8 cm³/mol. The number of amides is 1. The van der Waals surface area contributed by atoms with Crippen LogP contribution in [0.25, 0.3) is 5.69 Å². The first kappa shape index (κ1) is 14.6. The van der Waals surface area contributed by atoms with Gasteiger partial charge < -0.3 is 10.2 Å². The predicted octanol–water partition coefficient (Wildman–Crippen LogP) is 0.876. The number of rotatable bonds is 3. The SMILES string of the molecule is CN(C(=O)c1ccc(-n2cnnn2)cc1)C1CCCNCC1. The Balaban J connectivity index is 1.71. The van der Waals surface area contributed by atoms with E-state index in [1.807, 2.05) is 36.2 Å². The fourth-order valence-electron chi connectivity index (χ4n) is 2.79. The maximum absolute atomic E-state index is 12.6. The van der Waals surface area contributed by atoms with Crippen LogP contribution in [-0.4, -0.2) is 57.2 Å². The number of aromatic nitrogens is 4. The maximum atomic E-state index is 12.6. The third-order valence-corrected chi connectivity index (χ3v) is 4.14. The molecule has 0 radical (unpaired) electrons. The Kier molecular flexibility index (Phi) is 4.43. The van der Waals surface area contributed by atoms with Crippen LogP contribution in [0, 0.1) is 0 Å². The molecular formula is C15H20N6O. The van der Waals surface area contributed by atoms with Gasteiger partial charge in [0.05, 0.1) is 5.69 Å². The summed E-state index contributed by atoms with van der Waals surface area (Å²) in [5.74, 6) is 0.0650. The number of hydrogen-bond donors (Lipinski definition) is 1. The number of benzene rings is 1. The molecule has 1 N–H and O–H groups in total. The summed E-state index contributed by atoms with van der Waals surface area (Å²) in [7, 11) is 1.90. The van der Waals surface area contributed by atoms with Crippen LogP contribution in [0.2, 0.25) is 0 Å². The van der Waals surface area contributed by atoms with Gasteiger partial charge in [0.2, 0.25) is 0 Å². The highest BCUT2D eigenvalue weighted by Gasteiger charge is 2.22. The van der Waals surface area contributed by atoms with Crippen molar-refractivity contribution >= 4 is 5.91 Å². The van der Waals surface area contributed by atoms with E-state index >= 15 is 0 Å². The van der Waals surface area contributed by atoms with E-state index in [4.69, 9.17) is 0 Å². The topological polar surface area (TPSA) is 75.9 Å². The number of nitrogens with zero attached hydrogens (tertiary/aromatic N) is 5. The van der Waals surface area contributed by atoms with Crippen LogP contribution in [-0.2, 0) is 0 Å². The highest BCUT2D eigenvalue weighted by atomic mass is 16.2. The Morgan fingerprint density at radius 2 is 2.09 bits per heavy atom. The molecule has 3 rings (SSSR count). The number of carbonyl (C=O) groups is 1. The van der Waals surface area contributed by atoms with Crippen molar-refractivity contribution in [3.63, 3.8) is 0 Å². The summed E-state index contributed by atoms with van der Waals surface area (Å²) < 4.78 is 1.56. The number of carbonyl (C=O) groups excluding carboxylic acids is 1. The van der Waals surface area contributed by atoms with Crippen molar-refractivity contribution in [1.82, 2.24) is 30.4 Å². The molecule has 0 saturated carbocycles. The summed E-state index contributed by atoms with van der Waals surface area (Å²) >= 11 is 0. The van der Waals surface area contributed by atoms with Crippen LogP contribution in [0.1, 0.15) is 29.6 Å². The maximum Gasteiger partial charge on any atom is 0.253 e. The molecule has 1 amide bonds. The molecule has 1 atom stereocenters. The van der Waals surface area contributed by atoms with E-state index in [2.05, 4.69) is 20.8 Å². The largest absolute Gasteiger partial charge is 0.339 e. The molecule has 116 valence electrons. The lowest BCUT2D eigenvalue weighted by Gasteiger charge is -2.27. The van der Waals surface area contributed by atoms with Gasteiger partial charge >= 0.3 is 0 Å². The van der Waals surface area contributed by atoms with Crippen molar-refractivity contribution in [1.29, 1.82) is 0 Å². The Labute approximate surface area is 129 Å². The Hall–Kier alpha value is -2.28. The van der Waals surface area contributed by atoms with Crippen molar-refractivity contribution < 1.29 is 4.79 Å². The molecule has 7 heteroatoms. The lowest BCUT2D eigenvalue weighted by Crippen LogP contribution is -2.37. The molecule has 1 unspecified atom stereocenters. The van der Waals surface area contributed by atoms with Crippen LogP contribution in [0.3, 0.4) is 0 Å². The van der Waals surface area contributed by atoms with Gasteiger partial charge in [-0.25, -0.2) is 4.68 Å². The van der Waals surface area contributed by atoms with Crippen molar-refractivity contribution in [3.8, 4) is 5.69 Å². The molecule has 2 heterocycles. The number of tetrazole rings is 1. The molecule has 0 bridgehead atoms. The minimum atomic E-state index is 0.0650. The molecule has 1 fully saturated rings. The lowest BCUT2D eigenvalue weighted by molar-refractivity contribution is 0.0720. The molecule has 1 aromatic heterocycles.